The Bertz CT molecular complexity index is 530. The third-order valence-electron chi connectivity index (χ3n) is 4.03. The molecule has 5 nitrogen and oxygen atoms in total. The maximum absolute atomic E-state index is 12.2. The summed E-state index contributed by atoms with van der Waals surface area (Å²) in [5, 5.41) is 11.8. The normalized spacial score (nSPS) is 19.3. The topological polar surface area (TPSA) is 69.6 Å². The number of carbonyl (C=O) groups is 2. The molecule has 0 radical (unpaired) electrons. The summed E-state index contributed by atoms with van der Waals surface area (Å²) in [7, 11) is 0. The van der Waals surface area contributed by atoms with Crippen molar-refractivity contribution in [2.24, 2.45) is 5.92 Å². The minimum Gasteiger partial charge on any atom is -0.481 e. The van der Waals surface area contributed by atoms with Gasteiger partial charge in [-0.15, -0.1) is 0 Å². The number of carbonyl (C=O) groups excluding carboxylic acids is 1. The molecule has 0 aromatic heterocycles. The second-order valence-corrected chi connectivity index (χ2v) is 5.73. The maximum Gasteiger partial charge on any atom is 0.317 e. The highest BCUT2D eigenvalue weighted by Gasteiger charge is 2.28. The van der Waals surface area contributed by atoms with Gasteiger partial charge in [-0.2, -0.15) is 0 Å². The zero-order valence-electron chi connectivity index (χ0n) is 12.5. The second-order valence-electron chi connectivity index (χ2n) is 5.73. The van der Waals surface area contributed by atoms with E-state index in [-0.39, 0.29) is 24.4 Å². The van der Waals surface area contributed by atoms with Gasteiger partial charge in [0.1, 0.15) is 0 Å². The first-order valence-electron chi connectivity index (χ1n) is 7.30. The lowest BCUT2D eigenvalue weighted by atomic mass is 10.0. The zero-order chi connectivity index (χ0) is 15.4. The minimum atomic E-state index is -0.796. The van der Waals surface area contributed by atoms with E-state index in [9.17, 15) is 9.59 Å². The summed E-state index contributed by atoms with van der Waals surface area (Å²) in [4.78, 5) is 24.7. The Balaban J connectivity index is 1.90. The Morgan fingerprint density at radius 2 is 2.14 bits per heavy atom. The van der Waals surface area contributed by atoms with E-state index in [1.165, 1.54) is 0 Å². The van der Waals surface area contributed by atoms with Crippen LogP contribution in [0.5, 0.6) is 0 Å². The van der Waals surface area contributed by atoms with Gasteiger partial charge >= 0.3 is 12.0 Å². The number of rotatable bonds is 4. The molecule has 1 aliphatic heterocycles. The molecule has 2 unspecified atom stereocenters. The molecule has 1 aromatic carbocycles. The van der Waals surface area contributed by atoms with Crippen LogP contribution in [0.4, 0.5) is 4.79 Å². The van der Waals surface area contributed by atoms with Crippen LogP contribution in [0.3, 0.4) is 0 Å². The quantitative estimate of drug-likeness (QED) is 0.895. The fourth-order valence-corrected chi connectivity index (χ4v) is 2.86. The van der Waals surface area contributed by atoms with Gasteiger partial charge in [0.25, 0.3) is 0 Å². The predicted octanol–water partition coefficient (Wildman–Crippen LogP) is 2.56. The maximum atomic E-state index is 12.2. The first kappa shape index (κ1) is 15.4. The Labute approximate surface area is 125 Å². The van der Waals surface area contributed by atoms with Crippen LogP contribution >= 0.6 is 0 Å². The van der Waals surface area contributed by atoms with Gasteiger partial charge in [0.2, 0.25) is 0 Å². The average molecular weight is 290 g/mol. The molecule has 0 bridgehead atoms. The smallest absolute Gasteiger partial charge is 0.317 e. The fourth-order valence-electron chi connectivity index (χ4n) is 2.86. The lowest BCUT2D eigenvalue weighted by Crippen LogP contribution is -2.39. The van der Waals surface area contributed by atoms with Gasteiger partial charge in [0.15, 0.2) is 0 Å². The molecular weight excluding hydrogens is 268 g/mol. The highest BCUT2D eigenvalue weighted by molar-refractivity contribution is 5.75. The van der Waals surface area contributed by atoms with Crippen molar-refractivity contribution in [1.29, 1.82) is 0 Å². The van der Waals surface area contributed by atoms with Gasteiger partial charge in [-0.25, -0.2) is 4.79 Å². The molecule has 0 aliphatic carbocycles. The summed E-state index contributed by atoms with van der Waals surface area (Å²) >= 11 is 0. The summed E-state index contributed by atoms with van der Waals surface area (Å²) in [6.07, 6.45) is 0.898. The van der Waals surface area contributed by atoms with Gasteiger partial charge in [-0.3, -0.25) is 4.79 Å². The van der Waals surface area contributed by atoms with E-state index in [1.54, 1.807) is 4.90 Å². The second kappa shape index (κ2) is 6.61. The van der Waals surface area contributed by atoms with Crippen LogP contribution < -0.4 is 5.32 Å². The number of hydrogen-bond acceptors (Lipinski definition) is 2. The number of likely N-dealkylation sites (tertiary alicyclic amines) is 1. The van der Waals surface area contributed by atoms with Gasteiger partial charge in [-0.1, -0.05) is 24.3 Å². The van der Waals surface area contributed by atoms with E-state index >= 15 is 0 Å². The average Bonchev–Trinajstić information content (AvgIpc) is 2.86. The van der Waals surface area contributed by atoms with Crippen LogP contribution in [0.2, 0.25) is 0 Å². The van der Waals surface area contributed by atoms with Crippen LogP contribution in [-0.4, -0.2) is 35.1 Å². The van der Waals surface area contributed by atoms with Crippen LogP contribution in [0.1, 0.15) is 36.9 Å². The third kappa shape index (κ3) is 3.97. The van der Waals surface area contributed by atoms with Crippen molar-refractivity contribution in [2.75, 3.05) is 13.1 Å². The Morgan fingerprint density at radius 1 is 1.43 bits per heavy atom. The van der Waals surface area contributed by atoms with E-state index in [4.69, 9.17) is 5.11 Å². The number of hydrogen-bond donors (Lipinski definition) is 2. The molecule has 5 heteroatoms. The van der Waals surface area contributed by atoms with E-state index in [0.717, 1.165) is 17.5 Å². The fraction of sp³-hybridized carbons (Fsp3) is 0.500. The predicted molar refractivity (Wildman–Crippen MR) is 80.1 cm³/mol. The number of benzene rings is 1. The van der Waals surface area contributed by atoms with Crippen LogP contribution in [-0.2, 0) is 4.79 Å². The standard InChI is InChI=1S/C16H22N2O3/c1-11-5-3-4-6-14(11)12(2)17-16(21)18-8-7-13(10-18)9-15(19)20/h3-6,12-13H,7-10H2,1-2H3,(H,17,21)(H,19,20). The SMILES string of the molecule is Cc1ccccc1C(C)NC(=O)N1CCC(CC(=O)O)C1. The van der Waals surface area contributed by atoms with Crippen LogP contribution in [0.15, 0.2) is 24.3 Å². The van der Waals surface area contributed by atoms with E-state index < -0.39 is 5.97 Å². The Kier molecular flexibility index (Phi) is 4.83. The summed E-state index contributed by atoms with van der Waals surface area (Å²) in [6, 6.07) is 7.80. The zero-order valence-corrected chi connectivity index (χ0v) is 12.5. The third-order valence-corrected chi connectivity index (χ3v) is 4.03. The number of urea groups is 1. The lowest BCUT2D eigenvalue weighted by Gasteiger charge is -2.22. The molecule has 2 rings (SSSR count). The molecule has 2 amide bonds. The number of aliphatic carboxylic acids is 1. The van der Waals surface area contributed by atoms with Crippen molar-refractivity contribution in [3.05, 3.63) is 35.4 Å². The number of carboxylic acids is 1. The lowest BCUT2D eigenvalue weighted by molar-refractivity contribution is -0.138. The molecule has 1 heterocycles. The van der Waals surface area contributed by atoms with E-state index in [2.05, 4.69) is 5.32 Å². The van der Waals surface area contributed by atoms with Crippen molar-refractivity contribution in [2.45, 2.75) is 32.7 Å². The molecule has 2 N–H and O–H groups in total. The number of aryl methyl sites for hydroxylation is 1. The van der Waals surface area contributed by atoms with Gasteiger partial charge in [-0.05, 0) is 37.3 Å². The molecule has 1 saturated heterocycles. The molecular formula is C16H22N2O3. The number of nitrogens with zero attached hydrogens (tertiary/aromatic N) is 1. The minimum absolute atomic E-state index is 0.0581. The van der Waals surface area contributed by atoms with Crippen LogP contribution in [0.25, 0.3) is 0 Å². The molecule has 1 aromatic rings. The molecule has 0 saturated carbocycles. The van der Waals surface area contributed by atoms with E-state index in [1.807, 2.05) is 38.1 Å². The summed E-state index contributed by atoms with van der Waals surface area (Å²) in [6.45, 7) is 5.14. The number of carboxylic acid groups (broad SMARTS) is 1. The van der Waals surface area contributed by atoms with Crippen molar-refractivity contribution < 1.29 is 14.7 Å². The van der Waals surface area contributed by atoms with Crippen molar-refractivity contribution in [3.8, 4) is 0 Å². The van der Waals surface area contributed by atoms with Gasteiger partial charge in [0, 0.05) is 19.5 Å². The molecule has 1 aliphatic rings. The first-order chi connectivity index (χ1) is 9.97. The Morgan fingerprint density at radius 3 is 2.81 bits per heavy atom. The highest BCUT2D eigenvalue weighted by atomic mass is 16.4. The van der Waals surface area contributed by atoms with Gasteiger partial charge in [0.05, 0.1) is 6.04 Å². The highest BCUT2D eigenvalue weighted by Crippen LogP contribution is 2.21. The number of amides is 2. The van der Waals surface area contributed by atoms with Crippen molar-refractivity contribution in [1.82, 2.24) is 10.2 Å². The van der Waals surface area contributed by atoms with Crippen molar-refractivity contribution in [3.63, 3.8) is 0 Å². The Hall–Kier alpha value is -2.04. The van der Waals surface area contributed by atoms with Gasteiger partial charge < -0.3 is 15.3 Å². The number of nitrogens with one attached hydrogen (secondary N) is 1. The monoisotopic (exact) mass is 290 g/mol. The van der Waals surface area contributed by atoms with Crippen molar-refractivity contribution >= 4 is 12.0 Å². The first-order valence-corrected chi connectivity index (χ1v) is 7.30. The van der Waals surface area contributed by atoms with Crippen LogP contribution in [0, 0.1) is 12.8 Å². The summed E-state index contributed by atoms with van der Waals surface area (Å²) in [5.41, 5.74) is 2.25. The largest absolute Gasteiger partial charge is 0.481 e. The summed E-state index contributed by atoms with van der Waals surface area (Å²) in [5.74, 6) is -0.724. The molecule has 0 spiro atoms. The molecule has 114 valence electrons. The molecule has 21 heavy (non-hydrogen) atoms. The summed E-state index contributed by atoms with van der Waals surface area (Å²) < 4.78 is 0. The molecule has 1 fully saturated rings. The molecule has 2 atom stereocenters. The van der Waals surface area contributed by atoms with E-state index in [0.29, 0.717) is 13.1 Å².